The average Bonchev–Trinajstić information content (AvgIpc) is 3.11. The van der Waals surface area contributed by atoms with Gasteiger partial charge in [-0.1, -0.05) is 63.3 Å². The van der Waals surface area contributed by atoms with Crippen molar-refractivity contribution in [2.45, 2.75) is 58.4 Å². The predicted molar refractivity (Wildman–Crippen MR) is 142 cm³/mol. The van der Waals surface area contributed by atoms with Gasteiger partial charge in [0, 0.05) is 30.5 Å². The predicted octanol–water partition coefficient (Wildman–Crippen LogP) is 3.20. The molecule has 0 aliphatic carbocycles. The lowest BCUT2D eigenvalue weighted by Gasteiger charge is -2.07. The minimum Gasteiger partial charge on any atom is -0.397 e. The summed E-state index contributed by atoms with van der Waals surface area (Å²) in [5.41, 5.74) is 9.99. The molecule has 4 N–H and O–H groups in total. The smallest absolute Gasteiger partial charge is 0.263 e. The molecule has 0 amide bonds. The third-order valence-corrected chi connectivity index (χ3v) is 6.68. The number of nitrogen functional groups attached to an aromatic ring is 2. The summed E-state index contributed by atoms with van der Waals surface area (Å²) in [5, 5.41) is 0.00405. The summed E-state index contributed by atoms with van der Waals surface area (Å²) in [6.45, 7) is 3.38. The molecule has 0 bridgehead atoms. The Morgan fingerprint density at radius 1 is 0.686 bits per heavy atom. The first kappa shape index (κ1) is 24.6. The third kappa shape index (κ3) is 4.34. The summed E-state index contributed by atoms with van der Waals surface area (Å²) in [4.78, 5) is 52.6. The lowest BCUT2D eigenvalue weighted by Crippen LogP contribution is -2.26. The molecule has 0 aliphatic heterocycles. The van der Waals surface area contributed by atoms with Crippen molar-refractivity contribution in [2.75, 3.05) is 24.7 Å². The zero-order chi connectivity index (χ0) is 25.1. The molecule has 0 fully saturated rings. The number of benzene rings is 3. The Kier molecular flexibility index (Phi) is 7.31. The Morgan fingerprint density at radius 2 is 1.17 bits per heavy atom. The van der Waals surface area contributed by atoms with Crippen LogP contribution in [-0.4, -0.2) is 17.8 Å². The number of unbranched alkanes of at least 4 members (excludes halogenated alkanes) is 5. The highest BCUT2D eigenvalue weighted by Gasteiger charge is 2.25. The number of anilines is 2. The molecule has 1 heterocycles. The lowest BCUT2D eigenvalue weighted by molar-refractivity contribution is 0.124. The Bertz CT molecular complexity index is 1490. The van der Waals surface area contributed by atoms with Crippen molar-refractivity contribution in [1.29, 1.82) is 0 Å². The quantitative estimate of drug-likeness (QED) is 0.147. The second kappa shape index (κ2) is 10.4. The third-order valence-electron chi connectivity index (χ3n) is 6.68. The van der Waals surface area contributed by atoms with Crippen LogP contribution in [0.3, 0.4) is 0 Å². The summed E-state index contributed by atoms with van der Waals surface area (Å²) in [6.07, 6.45) is 7.50. The van der Waals surface area contributed by atoms with E-state index < -0.39 is 22.0 Å². The van der Waals surface area contributed by atoms with Gasteiger partial charge in [0.1, 0.15) is 0 Å². The Morgan fingerprint density at radius 3 is 1.71 bits per heavy atom. The van der Waals surface area contributed by atoms with E-state index in [1.165, 1.54) is 37.8 Å². The molecule has 35 heavy (non-hydrogen) atoms. The summed E-state index contributed by atoms with van der Waals surface area (Å²) >= 11 is 0. The zero-order valence-corrected chi connectivity index (χ0v) is 20.0. The fourth-order valence-corrected chi connectivity index (χ4v) is 4.83. The van der Waals surface area contributed by atoms with Crippen LogP contribution in [0.25, 0.3) is 32.3 Å². The fourth-order valence-electron chi connectivity index (χ4n) is 4.83. The molecule has 1 aromatic heterocycles. The van der Waals surface area contributed by atoms with Gasteiger partial charge >= 0.3 is 0 Å². The highest BCUT2D eigenvalue weighted by atomic mass is 16.5. The average molecular weight is 478 g/mol. The van der Waals surface area contributed by atoms with Gasteiger partial charge < -0.3 is 16.2 Å². The maximum Gasteiger partial charge on any atom is 0.263 e. The molecule has 4 aromatic rings. The first-order chi connectivity index (χ1) is 16.9. The maximum atomic E-state index is 13.2. The number of ether oxygens (including phenoxy) is 1. The molecular formula is C27H31N3O5. The zero-order valence-electron chi connectivity index (χ0n) is 20.0. The van der Waals surface area contributed by atoms with Gasteiger partial charge in [-0.05, 0) is 12.8 Å². The van der Waals surface area contributed by atoms with Crippen molar-refractivity contribution in [3.05, 3.63) is 65.4 Å². The normalized spacial score (nSPS) is 11.8. The minimum atomic E-state index is -0.605. The van der Waals surface area contributed by atoms with Gasteiger partial charge in [0.15, 0.2) is 10.9 Å². The molecule has 0 atom stereocenters. The van der Waals surface area contributed by atoms with Crippen molar-refractivity contribution >= 4 is 43.7 Å². The van der Waals surface area contributed by atoms with Gasteiger partial charge in [-0.25, -0.2) is 0 Å². The van der Waals surface area contributed by atoms with Crippen molar-refractivity contribution < 1.29 is 4.74 Å². The molecule has 0 aliphatic rings. The van der Waals surface area contributed by atoms with E-state index in [4.69, 9.17) is 16.2 Å². The summed E-state index contributed by atoms with van der Waals surface area (Å²) in [7, 11) is 0. The molecule has 0 saturated heterocycles. The van der Waals surface area contributed by atoms with Crippen LogP contribution in [0.5, 0.6) is 0 Å². The second-order valence-electron chi connectivity index (χ2n) is 9.03. The minimum absolute atomic E-state index is 0.0974. The summed E-state index contributed by atoms with van der Waals surface area (Å²) in [6, 6.07) is 6.36. The van der Waals surface area contributed by atoms with Crippen molar-refractivity contribution in [2.24, 2.45) is 0 Å². The largest absolute Gasteiger partial charge is 0.397 e. The molecule has 184 valence electrons. The van der Waals surface area contributed by atoms with E-state index in [1.807, 2.05) is 0 Å². The molecule has 0 unspecified atom stereocenters. The van der Waals surface area contributed by atoms with Gasteiger partial charge in [0.2, 0.25) is 0 Å². The molecule has 3 aromatic carbocycles. The van der Waals surface area contributed by atoms with Gasteiger partial charge in [0.25, 0.3) is 11.1 Å². The van der Waals surface area contributed by atoms with Crippen LogP contribution in [0.4, 0.5) is 11.4 Å². The van der Waals surface area contributed by atoms with Crippen molar-refractivity contribution in [1.82, 2.24) is 4.57 Å². The maximum absolute atomic E-state index is 13.2. The van der Waals surface area contributed by atoms with E-state index in [9.17, 15) is 19.2 Å². The van der Waals surface area contributed by atoms with E-state index in [0.717, 1.165) is 17.4 Å². The summed E-state index contributed by atoms with van der Waals surface area (Å²) < 4.78 is 6.72. The molecule has 0 saturated carbocycles. The van der Waals surface area contributed by atoms with Gasteiger partial charge in [-0.2, -0.15) is 0 Å². The molecule has 8 nitrogen and oxygen atoms in total. The number of rotatable bonds is 11. The number of hydrogen-bond donors (Lipinski definition) is 2. The molecule has 0 spiro atoms. The lowest BCUT2D eigenvalue weighted by atomic mass is 9.97. The van der Waals surface area contributed by atoms with Gasteiger partial charge in [0.05, 0.1) is 32.9 Å². The van der Waals surface area contributed by atoms with Crippen LogP contribution in [0, 0.1) is 0 Å². The van der Waals surface area contributed by atoms with E-state index >= 15 is 0 Å². The van der Waals surface area contributed by atoms with E-state index in [-0.39, 0.29) is 50.2 Å². The number of fused-ring (bicyclic) bond motifs is 3. The number of nitrogens with zero attached hydrogens (tertiary/aromatic N) is 1. The van der Waals surface area contributed by atoms with Crippen molar-refractivity contribution in [3.8, 4) is 0 Å². The molecular weight excluding hydrogens is 446 g/mol. The Labute approximate surface area is 201 Å². The summed E-state index contributed by atoms with van der Waals surface area (Å²) in [5.74, 6) is 0. The first-order valence-electron chi connectivity index (χ1n) is 12.3. The monoisotopic (exact) mass is 477 g/mol. The van der Waals surface area contributed by atoms with Crippen LogP contribution in [-0.2, 0) is 11.3 Å². The first-order valence-corrected chi connectivity index (χ1v) is 12.3. The van der Waals surface area contributed by atoms with Crippen LogP contribution < -0.4 is 33.4 Å². The highest BCUT2D eigenvalue weighted by Crippen LogP contribution is 2.31. The van der Waals surface area contributed by atoms with Crippen LogP contribution >= 0.6 is 0 Å². The van der Waals surface area contributed by atoms with Crippen LogP contribution in [0.15, 0.2) is 43.4 Å². The number of aromatic nitrogens is 1. The van der Waals surface area contributed by atoms with E-state index in [1.54, 1.807) is 12.1 Å². The number of hydrogen-bond acceptors (Lipinski definition) is 7. The highest BCUT2D eigenvalue weighted by molar-refractivity contribution is 6.20. The van der Waals surface area contributed by atoms with E-state index in [0.29, 0.717) is 19.6 Å². The Hall–Kier alpha value is -3.52. The molecule has 0 radical (unpaired) electrons. The molecule has 8 heteroatoms. The van der Waals surface area contributed by atoms with Crippen LogP contribution in [0.1, 0.15) is 51.9 Å². The Balaban J connectivity index is 1.62. The van der Waals surface area contributed by atoms with E-state index in [2.05, 4.69) is 6.92 Å². The van der Waals surface area contributed by atoms with Crippen molar-refractivity contribution in [3.63, 3.8) is 0 Å². The second-order valence-corrected chi connectivity index (χ2v) is 9.03. The van der Waals surface area contributed by atoms with Crippen LogP contribution in [0.2, 0.25) is 0 Å². The van der Waals surface area contributed by atoms with Gasteiger partial charge in [-0.3, -0.25) is 23.7 Å². The SMILES string of the molecule is CCCCCCCCOCCCn1c(=O)c2c(N)c3c(=O)c4ccccc4c(=O)c3c(N)c2c1=O. The topological polar surface area (TPSA) is 134 Å². The standard InChI is InChI=1S/C27H31N3O5/c1-2-3-4-5-6-9-14-35-15-10-13-30-26(33)20-21(27(30)34)23(29)19-18(22(20)28)24(31)16-11-7-8-12-17(16)25(19)32/h7-8,11-12H,2-6,9-10,13-15,28-29H2,1H3. The van der Waals surface area contributed by atoms with Gasteiger partial charge in [-0.15, -0.1) is 0 Å². The fraction of sp³-hybridized carbons (Fsp3) is 0.407. The number of nitrogens with two attached hydrogens (primary N) is 2. The molecule has 4 rings (SSSR count).